The Hall–Kier alpha value is -10.9. The van der Waals surface area contributed by atoms with Crippen molar-refractivity contribution in [2.24, 2.45) is 0 Å². The molecule has 0 spiro atoms. The molecule has 0 radical (unpaired) electrons. The third kappa shape index (κ3) is 14.4. The van der Waals surface area contributed by atoms with Crippen LogP contribution in [0.4, 0.5) is 34.1 Å². The fourth-order valence-electron chi connectivity index (χ4n) is 18.5. The van der Waals surface area contributed by atoms with Gasteiger partial charge in [-0.25, -0.2) is 0 Å². The molecule has 0 fully saturated rings. The molecule has 4 nitrogen and oxygen atoms in total. The van der Waals surface area contributed by atoms with Gasteiger partial charge in [-0.1, -0.05) is 369 Å². The summed E-state index contributed by atoms with van der Waals surface area (Å²) >= 11 is 0. The van der Waals surface area contributed by atoms with Crippen LogP contribution < -0.4 is 26.2 Å². The van der Waals surface area contributed by atoms with Crippen LogP contribution in [-0.2, 0) is 48.7 Å². The maximum absolute atomic E-state index is 2.77. The van der Waals surface area contributed by atoms with Crippen molar-refractivity contribution >= 4 is 101 Å². The predicted octanol–water partition coefficient (Wildman–Crippen LogP) is 30.3. The van der Waals surface area contributed by atoms with E-state index in [9.17, 15) is 0 Å². The van der Waals surface area contributed by atoms with Crippen LogP contribution in [0.2, 0.25) is 0 Å². The quantitative estimate of drug-likeness (QED) is 0.141. The highest BCUT2D eigenvalue weighted by molar-refractivity contribution is 7.00. The molecular weight excluding hydrogens is 1440 g/mol. The Morgan fingerprint density at radius 2 is 0.437 bits per heavy atom. The van der Waals surface area contributed by atoms with Crippen LogP contribution in [0.15, 0.2) is 255 Å². The van der Waals surface area contributed by atoms with E-state index in [1.165, 1.54) is 166 Å². The lowest BCUT2D eigenvalue weighted by molar-refractivity contribution is 0.568. The predicted molar refractivity (Wildman–Crippen MR) is 519 cm³/mol. The summed E-state index contributed by atoms with van der Waals surface area (Å²) in [6.45, 7) is 64.1. The highest BCUT2D eigenvalue weighted by Crippen LogP contribution is 2.54. The SMILES string of the molecule is CC(C)(C)c1cc(-c2ccc(-c3cc(C(C)(C)C)cc(C(C)(C)C)c3)c(N3c4cc(-n5c6ccccc6c6ccccc65)ccc4B4c5ccc(-n6c7ccccc7c7ccccc76)cc5N(c5cc(-c6cc(C(C)(C)C)cc(C(C)(C)C)c6)ccc5-c5cc(C(C)(C)C)cc(C(C)(C)C)c5)c5cc(C(C)(C)C)cc3c54)c2)cc(C(C)(C)C)c1. The molecule has 13 aromatic carbocycles. The summed E-state index contributed by atoms with van der Waals surface area (Å²) in [5, 5.41) is 4.94. The van der Waals surface area contributed by atoms with Crippen molar-refractivity contribution in [1.82, 2.24) is 9.13 Å². The first-order valence-electron chi connectivity index (χ1n) is 43.6. The van der Waals surface area contributed by atoms with Crippen molar-refractivity contribution in [2.75, 3.05) is 9.80 Å². The lowest BCUT2D eigenvalue weighted by Gasteiger charge is -2.46. The highest BCUT2D eigenvalue weighted by Gasteiger charge is 2.46. The molecule has 15 aromatic rings. The van der Waals surface area contributed by atoms with Gasteiger partial charge in [-0.05, 0) is 221 Å². The Morgan fingerprint density at radius 3 is 0.697 bits per heavy atom. The van der Waals surface area contributed by atoms with Gasteiger partial charge in [-0.15, -0.1) is 0 Å². The second-order valence-electron chi connectivity index (χ2n) is 44.2. The number of rotatable bonds is 8. The Morgan fingerprint density at radius 1 is 0.193 bits per heavy atom. The average molecular weight is 1560 g/mol. The third-order valence-electron chi connectivity index (χ3n) is 26.0. The van der Waals surface area contributed by atoms with Gasteiger partial charge in [0.1, 0.15) is 0 Å². The number of anilines is 6. The Kier molecular flexibility index (Phi) is 18.9. The van der Waals surface area contributed by atoms with Gasteiger partial charge in [0.25, 0.3) is 6.71 Å². The molecule has 5 heteroatoms. The van der Waals surface area contributed by atoms with Crippen LogP contribution in [0.5, 0.6) is 0 Å². The summed E-state index contributed by atoms with van der Waals surface area (Å²) in [6, 6.07) is 102. The maximum atomic E-state index is 2.77. The molecule has 4 heterocycles. The molecule has 0 N–H and O–H groups in total. The Bertz CT molecular complexity index is 5990. The van der Waals surface area contributed by atoms with Crippen molar-refractivity contribution in [1.29, 1.82) is 0 Å². The van der Waals surface area contributed by atoms with Crippen LogP contribution in [0.25, 0.3) is 99.5 Å². The normalized spacial score (nSPS) is 13.8. The molecule has 0 saturated heterocycles. The zero-order chi connectivity index (χ0) is 84.9. The molecule has 2 aromatic heterocycles. The second-order valence-corrected chi connectivity index (χ2v) is 44.2. The molecule has 0 saturated carbocycles. The molecule has 0 atom stereocenters. The number of nitrogens with zero attached hydrogens (tertiary/aromatic N) is 4. The van der Waals surface area contributed by atoms with Gasteiger partial charge >= 0.3 is 0 Å². The zero-order valence-electron chi connectivity index (χ0n) is 76.1. The highest BCUT2D eigenvalue weighted by atomic mass is 15.2. The molecule has 602 valence electrons. The van der Waals surface area contributed by atoms with E-state index in [0.717, 1.165) is 34.1 Å². The minimum Gasteiger partial charge on any atom is -0.311 e. The van der Waals surface area contributed by atoms with E-state index in [2.05, 4.69) is 461 Å². The minimum absolute atomic E-state index is 0.117. The Balaban J connectivity index is 1.07. The molecule has 0 aliphatic carbocycles. The third-order valence-corrected chi connectivity index (χ3v) is 26.0. The van der Waals surface area contributed by atoms with E-state index >= 15 is 0 Å². The summed E-state index contributed by atoms with van der Waals surface area (Å²) in [5.41, 5.74) is 37.5. The maximum Gasteiger partial charge on any atom is 0.252 e. The van der Waals surface area contributed by atoms with E-state index in [0.29, 0.717) is 0 Å². The number of aromatic nitrogens is 2. The van der Waals surface area contributed by atoms with Crippen molar-refractivity contribution in [3.8, 4) is 55.9 Å². The smallest absolute Gasteiger partial charge is 0.252 e. The molecule has 0 bridgehead atoms. The van der Waals surface area contributed by atoms with E-state index in [4.69, 9.17) is 0 Å². The van der Waals surface area contributed by atoms with E-state index in [1.807, 2.05) is 0 Å². The van der Waals surface area contributed by atoms with E-state index in [-0.39, 0.29) is 55.4 Å². The number of para-hydroxylation sites is 4. The number of hydrogen-bond donors (Lipinski definition) is 0. The largest absolute Gasteiger partial charge is 0.311 e. The van der Waals surface area contributed by atoms with Crippen LogP contribution in [-0.4, -0.2) is 15.8 Å². The van der Waals surface area contributed by atoms with Gasteiger partial charge in [0.05, 0.1) is 33.4 Å². The summed E-state index contributed by atoms with van der Waals surface area (Å²) in [4.78, 5) is 5.55. The van der Waals surface area contributed by atoms with Gasteiger partial charge < -0.3 is 18.9 Å². The number of hydrogen-bond acceptors (Lipinski definition) is 2. The molecular formula is C114H123BN4. The van der Waals surface area contributed by atoms with Gasteiger partial charge in [-0.2, -0.15) is 0 Å². The van der Waals surface area contributed by atoms with E-state index < -0.39 is 0 Å². The van der Waals surface area contributed by atoms with Crippen LogP contribution in [0.1, 0.15) is 237 Å². The van der Waals surface area contributed by atoms with Crippen molar-refractivity contribution in [3.63, 3.8) is 0 Å². The summed E-state index contributed by atoms with van der Waals surface area (Å²) in [5.74, 6) is 0. The Labute approximate surface area is 711 Å². The minimum atomic E-state index is -0.358. The molecule has 17 rings (SSSR count). The summed E-state index contributed by atoms with van der Waals surface area (Å²) in [7, 11) is 0. The molecule has 0 amide bonds. The lowest BCUT2D eigenvalue weighted by Crippen LogP contribution is -2.61. The molecule has 0 unspecified atom stereocenters. The first kappa shape index (κ1) is 80.5. The topological polar surface area (TPSA) is 16.3 Å². The van der Waals surface area contributed by atoms with Gasteiger partial charge in [-0.3, -0.25) is 0 Å². The first-order valence-corrected chi connectivity index (χ1v) is 43.6. The zero-order valence-corrected chi connectivity index (χ0v) is 76.1. The fourth-order valence-corrected chi connectivity index (χ4v) is 18.5. The van der Waals surface area contributed by atoms with Crippen molar-refractivity contribution in [3.05, 3.63) is 305 Å². The van der Waals surface area contributed by atoms with Gasteiger partial charge in [0, 0.05) is 66.8 Å². The fraction of sp³-hybridized carbons (Fsp3) is 0.316. The number of benzene rings is 13. The molecule has 119 heavy (non-hydrogen) atoms. The van der Waals surface area contributed by atoms with Crippen LogP contribution in [0.3, 0.4) is 0 Å². The summed E-state index contributed by atoms with van der Waals surface area (Å²) < 4.78 is 5.07. The summed E-state index contributed by atoms with van der Waals surface area (Å²) in [6.07, 6.45) is 0. The van der Waals surface area contributed by atoms with Gasteiger partial charge in [0.15, 0.2) is 0 Å². The first-order chi connectivity index (χ1) is 55.7. The van der Waals surface area contributed by atoms with Crippen LogP contribution in [0, 0.1) is 0 Å². The standard InChI is InChI=1S/C114H123BN4/c1-106(2,3)76-52-72(53-77(62-76)107(4,5)6)70-44-48-87(74-56-80(110(13,14)15)64-81(57-74)111(16,17)18)99(60-70)118-101-68-85(116-95-40-32-28-36-89(95)90-37-29-33-41-96(90)116)46-50-93(101)115-94-51-47-86(117-97-42-34-30-38-91(97)92-39-31-35-43-98(92)117)69-102(94)119(104-67-84(114(25,26)27)66-103(118)105(104)115)100-61-71(73-54-78(108(7,8)9)63-79(55-73)109(10,11)12)45-49-88(100)75-58-82(112(19,20)21)65-83(59-75)113(22,23)24/h28-69H,1-27H3. The molecule has 2 aliphatic heterocycles. The second kappa shape index (κ2) is 27.9. The molecule has 2 aliphatic rings. The number of fused-ring (bicyclic) bond motifs is 10. The van der Waals surface area contributed by atoms with Crippen molar-refractivity contribution in [2.45, 2.75) is 236 Å². The van der Waals surface area contributed by atoms with E-state index in [1.54, 1.807) is 0 Å². The lowest BCUT2D eigenvalue weighted by atomic mass is 9.33. The van der Waals surface area contributed by atoms with Crippen molar-refractivity contribution < 1.29 is 0 Å². The van der Waals surface area contributed by atoms with Gasteiger partial charge in [0.2, 0.25) is 0 Å². The van der Waals surface area contributed by atoms with Crippen LogP contribution >= 0.6 is 0 Å². The average Bonchev–Trinajstić information content (AvgIpc) is 0.908. The monoisotopic (exact) mass is 1560 g/mol.